The van der Waals surface area contributed by atoms with Crippen LogP contribution < -0.4 is 15.5 Å². The van der Waals surface area contributed by atoms with Crippen LogP contribution in [-0.4, -0.2) is 92.5 Å². The highest BCUT2D eigenvalue weighted by Crippen LogP contribution is 2.26. The van der Waals surface area contributed by atoms with E-state index in [-0.39, 0.29) is 12.3 Å². The minimum Gasteiger partial charge on any atom is -0.379 e. The van der Waals surface area contributed by atoms with Crippen molar-refractivity contribution in [1.29, 1.82) is 0 Å². The van der Waals surface area contributed by atoms with Crippen molar-refractivity contribution in [2.45, 2.75) is 6.04 Å². The number of hydrogen-bond donors (Lipinski definition) is 2. The van der Waals surface area contributed by atoms with Crippen molar-refractivity contribution in [2.24, 2.45) is 0 Å². The Hall–Kier alpha value is -1.60. The Balaban J connectivity index is 1.51. The molecule has 0 radical (unpaired) electrons. The van der Waals surface area contributed by atoms with Gasteiger partial charge >= 0.3 is 0 Å². The normalized spacial score (nSPS) is 18.8. The third kappa shape index (κ3) is 4.61. The Morgan fingerprint density at radius 2 is 2.03 bits per heavy atom. The summed E-state index contributed by atoms with van der Waals surface area (Å²) in [6.45, 7) is 3.58. The van der Waals surface area contributed by atoms with Gasteiger partial charge in [0.1, 0.15) is 5.82 Å². The molecule has 2 aliphatic heterocycles. The first-order valence-corrected chi connectivity index (χ1v) is 11.9. The molecule has 10 nitrogen and oxygen atoms in total. The van der Waals surface area contributed by atoms with Crippen LogP contribution in [0.2, 0.25) is 0 Å². The van der Waals surface area contributed by atoms with E-state index in [1.807, 2.05) is 13.1 Å². The molecule has 2 fully saturated rings. The van der Waals surface area contributed by atoms with Gasteiger partial charge in [-0.1, -0.05) is 0 Å². The fraction of sp³-hybridized carbons (Fsp3) is 0.588. The van der Waals surface area contributed by atoms with E-state index in [1.165, 1.54) is 4.31 Å². The van der Waals surface area contributed by atoms with E-state index in [2.05, 4.69) is 46.4 Å². The van der Waals surface area contributed by atoms with Gasteiger partial charge in [0.15, 0.2) is 5.65 Å². The molecule has 0 saturated carbocycles. The van der Waals surface area contributed by atoms with Gasteiger partial charge in [-0.15, -0.1) is 0 Å². The van der Waals surface area contributed by atoms with Crippen LogP contribution in [0.25, 0.3) is 11.0 Å². The van der Waals surface area contributed by atoms with E-state index >= 15 is 0 Å². The third-order valence-electron chi connectivity index (χ3n) is 5.09. The quantitative estimate of drug-likeness (QED) is 0.570. The Labute approximate surface area is 178 Å². The Morgan fingerprint density at radius 1 is 1.28 bits per heavy atom. The van der Waals surface area contributed by atoms with Crippen LogP contribution in [0.1, 0.15) is 0 Å². The summed E-state index contributed by atoms with van der Waals surface area (Å²) in [4.78, 5) is 15.7. The van der Waals surface area contributed by atoms with Crippen LogP contribution in [0.4, 0.5) is 11.8 Å². The van der Waals surface area contributed by atoms with Crippen molar-refractivity contribution in [3.63, 3.8) is 0 Å². The summed E-state index contributed by atoms with van der Waals surface area (Å²) in [7, 11) is -1.41. The molecule has 0 unspecified atom stereocenters. The predicted molar refractivity (Wildman–Crippen MR) is 115 cm³/mol. The molecule has 158 valence electrons. The third-order valence-corrected chi connectivity index (χ3v) is 7.40. The number of rotatable bonds is 7. The lowest BCUT2D eigenvalue weighted by Crippen LogP contribution is -2.57. The zero-order valence-corrected chi connectivity index (χ0v) is 18.5. The van der Waals surface area contributed by atoms with Gasteiger partial charge in [-0.2, -0.15) is 14.3 Å². The van der Waals surface area contributed by atoms with E-state index < -0.39 is 10.0 Å². The number of pyridine rings is 1. The zero-order valence-electron chi connectivity index (χ0n) is 16.1. The first-order chi connectivity index (χ1) is 14.0. The van der Waals surface area contributed by atoms with Crippen LogP contribution in [0.3, 0.4) is 0 Å². The van der Waals surface area contributed by atoms with Crippen molar-refractivity contribution >= 4 is 48.8 Å². The smallest absolute Gasteiger partial charge is 0.229 e. The fourth-order valence-electron chi connectivity index (χ4n) is 3.33. The molecule has 2 aliphatic rings. The number of sulfonamides is 1. The van der Waals surface area contributed by atoms with Crippen LogP contribution in [-0.2, 0) is 14.8 Å². The number of aromatic nitrogens is 3. The van der Waals surface area contributed by atoms with Gasteiger partial charge in [0, 0.05) is 49.4 Å². The standard InChI is InChI=1S/C17H24BrN7O3S/c1-19-13-10-24(11-13)17-22-15(14-8-12(18)9-21-16(14)23-17)20-2-7-29(26,27)25-3-5-28-6-4-25/h8-9,13,19H,2-7,10-11H2,1H3,(H,20,21,22,23). The maximum Gasteiger partial charge on any atom is 0.229 e. The molecule has 4 rings (SSSR count). The van der Waals surface area contributed by atoms with Gasteiger partial charge in [-0.25, -0.2) is 13.4 Å². The molecular formula is C17H24BrN7O3S. The highest BCUT2D eigenvalue weighted by atomic mass is 79.9. The molecule has 2 aromatic heterocycles. The topological polar surface area (TPSA) is 113 Å². The van der Waals surface area contributed by atoms with Crippen LogP contribution >= 0.6 is 15.9 Å². The summed E-state index contributed by atoms with van der Waals surface area (Å²) >= 11 is 3.43. The monoisotopic (exact) mass is 485 g/mol. The number of nitrogens with zero attached hydrogens (tertiary/aromatic N) is 5. The SMILES string of the molecule is CNC1CN(c2nc(NCCS(=O)(=O)N3CCOCC3)c3cc(Br)cnc3n2)C1. The van der Waals surface area contributed by atoms with Crippen LogP contribution in [0.5, 0.6) is 0 Å². The minimum absolute atomic E-state index is 0.0131. The number of halogens is 1. The summed E-state index contributed by atoms with van der Waals surface area (Å²) in [5, 5.41) is 7.16. The Kier molecular flexibility index (Phi) is 6.16. The van der Waals surface area contributed by atoms with Crippen LogP contribution in [0, 0.1) is 0 Å². The summed E-state index contributed by atoms with van der Waals surface area (Å²) in [6.07, 6.45) is 1.69. The maximum absolute atomic E-state index is 12.6. The molecule has 2 N–H and O–H groups in total. The van der Waals surface area contributed by atoms with Gasteiger partial charge in [-0.3, -0.25) is 0 Å². The van der Waals surface area contributed by atoms with Crippen molar-refractivity contribution in [1.82, 2.24) is 24.6 Å². The van der Waals surface area contributed by atoms with Gasteiger partial charge in [0.2, 0.25) is 16.0 Å². The number of likely N-dealkylation sites (N-methyl/N-ethyl adjacent to an activating group) is 1. The molecule has 12 heteroatoms. The lowest BCUT2D eigenvalue weighted by atomic mass is 10.1. The molecule has 0 spiro atoms. The summed E-state index contributed by atoms with van der Waals surface area (Å²) in [5.41, 5.74) is 0.574. The van der Waals surface area contributed by atoms with E-state index in [0.29, 0.717) is 49.8 Å². The Bertz CT molecular complexity index is 978. The van der Waals surface area contributed by atoms with Gasteiger partial charge in [-0.05, 0) is 29.0 Å². The average molecular weight is 486 g/mol. The molecule has 0 atom stereocenters. The predicted octanol–water partition coefficient (Wildman–Crippen LogP) is 0.269. The van der Waals surface area contributed by atoms with Gasteiger partial charge < -0.3 is 20.3 Å². The second-order valence-electron chi connectivity index (χ2n) is 7.04. The van der Waals surface area contributed by atoms with Crippen molar-refractivity contribution in [2.75, 3.05) is 69.0 Å². The molecule has 0 aromatic carbocycles. The van der Waals surface area contributed by atoms with Gasteiger partial charge in [0.05, 0.1) is 24.4 Å². The lowest BCUT2D eigenvalue weighted by molar-refractivity contribution is 0.0731. The lowest BCUT2D eigenvalue weighted by Gasteiger charge is -2.39. The molecule has 4 heterocycles. The van der Waals surface area contributed by atoms with Crippen molar-refractivity contribution in [3.05, 3.63) is 16.7 Å². The largest absolute Gasteiger partial charge is 0.379 e. The van der Waals surface area contributed by atoms with Crippen LogP contribution in [0.15, 0.2) is 16.7 Å². The fourth-order valence-corrected chi connectivity index (χ4v) is 4.98. The molecular weight excluding hydrogens is 462 g/mol. The van der Waals surface area contributed by atoms with E-state index in [9.17, 15) is 8.42 Å². The number of fused-ring (bicyclic) bond motifs is 1. The summed E-state index contributed by atoms with van der Waals surface area (Å²) < 4.78 is 32.6. The second-order valence-corrected chi connectivity index (χ2v) is 10.0. The van der Waals surface area contributed by atoms with E-state index in [4.69, 9.17) is 4.74 Å². The first kappa shape index (κ1) is 20.7. The molecule has 0 aliphatic carbocycles. The zero-order chi connectivity index (χ0) is 20.4. The van der Waals surface area contributed by atoms with E-state index in [0.717, 1.165) is 22.9 Å². The number of hydrogen-bond acceptors (Lipinski definition) is 9. The molecule has 0 amide bonds. The van der Waals surface area contributed by atoms with Crippen molar-refractivity contribution in [3.8, 4) is 0 Å². The first-order valence-electron chi connectivity index (χ1n) is 9.51. The minimum atomic E-state index is -3.34. The van der Waals surface area contributed by atoms with Crippen molar-refractivity contribution < 1.29 is 13.2 Å². The summed E-state index contributed by atoms with van der Waals surface area (Å²) in [5.74, 6) is 1.17. The highest BCUT2D eigenvalue weighted by molar-refractivity contribution is 9.10. The highest BCUT2D eigenvalue weighted by Gasteiger charge is 2.28. The second kappa shape index (κ2) is 8.64. The molecule has 2 aromatic rings. The Morgan fingerprint density at radius 3 is 2.76 bits per heavy atom. The number of ether oxygens (including phenoxy) is 1. The van der Waals surface area contributed by atoms with E-state index in [1.54, 1.807) is 6.20 Å². The van der Waals surface area contributed by atoms with Gasteiger partial charge in [0.25, 0.3) is 0 Å². The molecule has 2 saturated heterocycles. The molecule has 0 bridgehead atoms. The summed E-state index contributed by atoms with van der Waals surface area (Å²) in [6, 6.07) is 2.31. The average Bonchev–Trinajstić information content (AvgIpc) is 2.68. The molecule has 29 heavy (non-hydrogen) atoms. The number of nitrogens with one attached hydrogen (secondary N) is 2. The maximum atomic E-state index is 12.6. The number of morpholine rings is 1. The number of anilines is 2.